The maximum atomic E-state index is 5.67. The van der Waals surface area contributed by atoms with Crippen LogP contribution in [-0.4, -0.2) is 0 Å². The topological polar surface area (TPSA) is 26.0 Å². The van der Waals surface area contributed by atoms with Crippen LogP contribution in [0.2, 0.25) is 0 Å². The van der Waals surface area contributed by atoms with Gasteiger partial charge in [-0.15, -0.1) is 0 Å². The molecule has 2 N–H and O–H groups in total. The van der Waals surface area contributed by atoms with Gasteiger partial charge in [0.1, 0.15) is 0 Å². The number of benzene rings is 1. The Morgan fingerprint density at radius 2 is 2.00 bits per heavy atom. The van der Waals surface area contributed by atoms with E-state index in [0.717, 1.165) is 0 Å². The zero-order chi connectivity index (χ0) is 11.5. The highest BCUT2D eigenvalue weighted by molar-refractivity contribution is 5.29. The third kappa shape index (κ3) is 2.60. The fourth-order valence-electron chi connectivity index (χ4n) is 1.89. The maximum absolute atomic E-state index is 5.67. The average molecular weight is 205 g/mol. The molecule has 0 amide bonds. The van der Waals surface area contributed by atoms with E-state index in [2.05, 4.69) is 52.0 Å². The molecule has 1 atom stereocenters. The lowest BCUT2D eigenvalue weighted by Gasteiger charge is -2.32. The molecular weight excluding hydrogens is 182 g/mol. The van der Waals surface area contributed by atoms with Gasteiger partial charge < -0.3 is 5.73 Å². The zero-order valence-corrected chi connectivity index (χ0v) is 10.4. The van der Waals surface area contributed by atoms with Crippen LogP contribution < -0.4 is 5.73 Å². The molecule has 0 saturated heterocycles. The van der Waals surface area contributed by atoms with Gasteiger partial charge in [-0.3, -0.25) is 0 Å². The van der Waals surface area contributed by atoms with Gasteiger partial charge in [-0.1, -0.05) is 58.4 Å². The molecule has 1 aromatic rings. The van der Waals surface area contributed by atoms with Gasteiger partial charge in [0, 0.05) is 6.54 Å². The SMILES string of the molecule is CCC(C)C(C)(C)c1cccc(CN)c1. The minimum absolute atomic E-state index is 0.236. The summed E-state index contributed by atoms with van der Waals surface area (Å²) in [5, 5.41) is 0. The molecule has 15 heavy (non-hydrogen) atoms. The first-order valence-corrected chi connectivity index (χ1v) is 5.81. The summed E-state index contributed by atoms with van der Waals surface area (Å²) in [7, 11) is 0. The lowest BCUT2D eigenvalue weighted by Crippen LogP contribution is -2.26. The molecule has 84 valence electrons. The normalized spacial score (nSPS) is 13.9. The van der Waals surface area contributed by atoms with Crippen LogP contribution in [0.4, 0.5) is 0 Å². The Kier molecular flexibility index (Phi) is 3.92. The lowest BCUT2D eigenvalue weighted by atomic mass is 9.73. The third-order valence-corrected chi connectivity index (χ3v) is 3.75. The number of rotatable bonds is 4. The van der Waals surface area contributed by atoms with Crippen molar-refractivity contribution >= 4 is 0 Å². The zero-order valence-electron chi connectivity index (χ0n) is 10.4. The standard InChI is InChI=1S/C14H23N/c1-5-11(2)14(3,4)13-8-6-7-12(9-13)10-15/h6-9,11H,5,10,15H2,1-4H3. The molecule has 1 rings (SSSR count). The van der Waals surface area contributed by atoms with Crippen molar-refractivity contribution in [1.29, 1.82) is 0 Å². The Hall–Kier alpha value is -0.820. The second-order valence-corrected chi connectivity index (χ2v) is 4.94. The minimum Gasteiger partial charge on any atom is -0.326 e. The number of hydrogen-bond donors (Lipinski definition) is 1. The molecule has 0 spiro atoms. The van der Waals surface area contributed by atoms with Crippen molar-refractivity contribution in [2.24, 2.45) is 11.7 Å². The van der Waals surface area contributed by atoms with Crippen molar-refractivity contribution in [3.8, 4) is 0 Å². The molecule has 0 radical (unpaired) electrons. The van der Waals surface area contributed by atoms with Crippen LogP contribution in [0.3, 0.4) is 0 Å². The van der Waals surface area contributed by atoms with E-state index in [1.807, 2.05) is 0 Å². The van der Waals surface area contributed by atoms with E-state index in [1.54, 1.807) is 0 Å². The summed E-state index contributed by atoms with van der Waals surface area (Å²) in [6, 6.07) is 8.66. The molecule has 1 nitrogen and oxygen atoms in total. The summed E-state index contributed by atoms with van der Waals surface area (Å²) in [5.74, 6) is 0.686. The van der Waals surface area contributed by atoms with Gasteiger partial charge in [0.25, 0.3) is 0 Å². The molecule has 0 bridgehead atoms. The van der Waals surface area contributed by atoms with E-state index in [4.69, 9.17) is 5.73 Å². The van der Waals surface area contributed by atoms with Gasteiger partial charge >= 0.3 is 0 Å². The van der Waals surface area contributed by atoms with E-state index < -0.39 is 0 Å². The van der Waals surface area contributed by atoms with Gasteiger partial charge in [-0.05, 0) is 22.5 Å². The van der Waals surface area contributed by atoms with E-state index in [-0.39, 0.29) is 5.41 Å². The molecule has 0 heterocycles. The number of nitrogens with two attached hydrogens (primary N) is 1. The predicted octanol–water partition coefficient (Wildman–Crippen LogP) is 3.47. The first-order valence-electron chi connectivity index (χ1n) is 5.81. The third-order valence-electron chi connectivity index (χ3n) is 3.75. The highest BCUT2D eigenvalue weighted by Crippen LogP contribution is 2.33. The molecule has 0 aromatic heterocycles. The molecule has 1 heteroatoms. The molecule has 0 aliphatic carbocycles. The number of hydrogen-bond acceptors (Lipinski definition) is 1. The molecule has 0 aliphatic rings. The Balaban J connectivity index is 3.03. The lowest BCUT2D eigenvalue weighted by molar-refractivity contribution is 0.334. The maximum Gasteiger partial charge on any atom is 0.0178 e. The van der Waals surface area contributed by atoms with E-state index in [0.29, 0.717) is 12.5 Å². The summed E-state index contributed by atoms with van der Waals surface area (Å²) in [5.41, 5.74) is 8.54. The summed E-state index contributed by atoms with van der Waals surface area (Å²) < 4.78 is 0. The minimum atomic E-state index is 0.236. The van der Waals surface area contributed by atoms with Crippen LogP contribution in [0, 0.1) is 5.92 Å². The van der Waals surface area contributed by atoms with Crippen LogP contribution in [0.25, 0.3) is 0 Å². The van der Waals surface area contributed by atoms with Crippen molar-refractivity contribution < 1.29 is 0 Å². The van der Waals surface area contributed by atoms with E-state index in [9.17, 15) is 0 Å². The largest absolute Gasteiger partial charge is 0.326 e. The fraction of sp³-hybridized carbons (Fsp3) is 0.571. The predicted molar refractivity (Wildman–Crippen MR) is 66.8 cm³/mol. The Bertz CT molecular complexity index is 315. The van der Waals surface area contributed by atoms with E-state index in [1.165, 1.54) is 17.5 Å². The summed E-state index contributed by atoms with van der Waals surface area (Å²) in [4.78, 5) is 0. The average Bonchev–Trinajstić information content (AvgIpc) is 2.27. The quantitative estimate of drug-likeness (QED) is 0.800. The van der Waals surface area contributed by atoms with Gasteiger partial charge in [0.05, 0.1) is 0 Å². The van der Waals surface area contributed by atoms with Crippen LogP contribution >= 0.6 is 0 Å². The van der Waals surface area contributed by atoms with Crippen molar-refractivity contribution in [3.63, 3.8) is 0 Å². The molecule has 0 aliphatic heterocycles. The molecule has 0 fully saturated rings. The summed E-state index contributed by atoms with van der Waals surface area (Å²) >= 11 is 0. The highest BCUT2D eigenvalue weighted by Gasteiger charge is 2.26. The monoisotopic (exact) mass is 205 g/mol. The second-order valence-electron chi connectivity index (χ2n) is 4.94. The van der Waals surface area contributed by atoms with Crippen LogP contribution in [0.1, 0.15) is 45.2 Å². The van der Waals surface area contributed by atoms with Gasteiger partial charge in [-0.2, -0.15) is 0 Å². The second kappa shape index (κ2) is 4.80. The smallest absolute Gasteiger partial charge is 0.0178 e. The van der Waals surface area contributed by atoms with Crippen molar-refractivity contribution in [2.45, 2.75) is 46.1 Å². The first kappa shape index (κ1) is 12.3. The first-order chi connectivity index (χ1) is 7.02. The van der Waals surface area contributed by atoms with Gasteiger partial charge in [0.15, 0.2) is 0 Å². The van der Waals surface area contributed by atoms with Crippen LogP contribution in [-0.2, 0) is 12.0 Å². The summed E-state index contributed by atoms with van der Waals surface area (Å²) in [6.07, 6.45) is 1.21. The van der Waals surface area contributed by atoms with Gasteiger partial charge in [-0.25, -0.2) is 0 Å². The Labute approximate surface area is 93.7 Å². The molecule has 1 aromatic carbocycles. The molecule has 0 saturated carbocycles. The Morgan fingerprint density at radius 3 is 2.53 bits per heavy atom. The van der Waals surface area contributed by atoms with Crippen molar-refractivity contribution in [3.05, 3.63) is 35.4 Å². The Morgan fingerprint density at radius 1 is 1.33 bits per heavy atom. The van der Waals surface area contributed by atoms with Crippen LogP contribution in [0.15, 0.2) is 24.3 Å². The van der Waals surface area contributed by atoms with Crippen LogP contribution in [0.5, 0.6) is 0 Å². The highest BCUT2D eigenvalue weighted by atomic mass is 14.5. The van der Waals surface area contributed by atoms with Gasteiger partial charge in [0.2, 0.25) is 0 Å². The fourth-order valence-corrected chi connectivity index (χ4v) is 1.89. The molecular formula is C14H23N. The summed E-state index contributed by atoms with van der Waals surface area (Å²) in [6.45, 7) is 9.83. The molecule has 1 unspecified atom stereocenters. The van der Waals surface area contributed by atoms with E-state index >= 15 is 0 Å². The van der Waals surface area contributed by atoms with Crippen molar-refractivity contribution in [1.82, 2.24) is 0 Å². The van der Waals surface area contributed by atoms with Crippen molar-refractivity contribution in [2.75, 3.05) is 0 Å².